The van der Waals surface area contributed by atoms with Crippen LogP contribution in [-0.4, -0.2) is 15.3 Å². The number of hydrogen-bond donors (Lipinski definition) is 3. The molecular weight excluding hydrogens is 312 g/mol. The molecule has 0 fully saturated rings. The fourth-order valence-electron chi connectivity index (χ4n) is 3.15. The third-order valence-corrected chi connectivity index (χ3v) is 4.66. The van der Waals surface area contributed by atoms with E-state index in [1.54, 1.807) is 18.2 Å². The van der Waals surface area contributed by atoms with Crippen LogP contribution < -0.4 is 0 Å². The number of hydrogen-bond acceptors (Lipinski definition) is 3. The van der Waals surface area contributed by atoms with Crippen molar-refractivity contribution in [2.24, 2.45) is 0 Å². The van der Waals surface area contributed by atoms with Gasteiger partial charge in [0.25, 0.3) is 0 Å². The van der Waals surface area contributed by atoms with E-state index in [4.69, 9.17) is 0 Å². The average Bonchev–Trinajstić information content (AvgIpc) is 2.57. The molecule has 0 aliphatic carbocycles. The molecule has 0 aliphatic rings. The van der Waals surface area contributed by atoms with Crippen LogP contribution in [0.2, 0.25) is 0 Å². The Morgan fingerprint density at radius 1 is 0.520 bits per heavy atom. The minimum atomic E-state index is -0.0575. The van der Waals surface area contributed by atoms with E-state index in [1.165, 1.54) is 0 Å². The molecule has 0 unspecified atom stereocenters. The molecule has 0 aromatic heterocycles. The van der Waals surface area contributed by atoms with Crippen LogP contribution in [0.1, 0.15) is 39.3 Å². The van der Waals surface area contributed by atoms with Crippen LogP contribution in [-0.2, 0) is 0 Å². The van der Waals surface area contributed by atoms with Crippen molar-refractivity contribution in [2.75, 3.05) is 0 Å². The molecule has 0 bridgehead atoms. The van der Waals surface area contributed by atoms with Gasteiger partial charge < -0.3 is 15.3 Å². The zero-order valence-electron chi connectivity index (χ0n) is 14.6. The van der Waals surface area contributed by atoms with E-state index in [0.29, 0.717) is 0 Å². The molecule has 0 saturated heterocycles. The highest BCUT2D eigenvalue weighted by Gasteiger charge is 2.19. The fourth-order valence-corrected chi connectivity index (χ4v) is 3.15. The molecule has 3 heteroatoms. The van der Waals surface area contributed by atoms with Gasteiger partial charge in [-0.05, 0) is 72.4 Å². The van der Waals surface area contributed by atoms with E-state index in [9.17, 15) is 15.3 Å². The van der Waals surface area contributed by atoms with Gasteiger partial charge in [-0.25, -0.2) is 0 Å². The zero-order valence-corrected chi connectivity index (χ0v) is 14.6. The lowest BCUT2D eigenvalue weighted by atomic mass is 9.83. The molecule has 3 nitrogen and oxygen atoms in total. The van der Waals surface area contributed by atoms with Crippen molar-refractivity contribution in [3.63, 3.8) is 0 Å². The number of aromatic hydroxyl groups is 3. The molecule has 3 aromatic carbocycles. The lowest BCUT2D eigenvalue weighted by Gasteiger charge is -2.21. The molecule has 25 heavy (non-hydrogen) atoms. The Kier molecular flexibility index (Phi) is 4.41. The third-order valence-electron chi connectivity index (χ3n) is 4.66. The number of benzene rings is 3. The van der Waals surface area contributed by atoms with Crippen molar-refractivity contribution in [1.29, 1.82) is 0 Å². The van der Waals surface area contributed by atoms with Crippen molar-refractivity contribution >= 4 is 0 Å². The molecule has 0 heterocycles. The summed E-state index contributed by atoms with van der Waals surface area (Å²) in [5.41, 5.74) is 5.58. The molecule has 0 radical (unpaired) electrons. The van der Waals surface area contributed by atoms with Crippen LogP contribution in [0.3, 0.4) is 0 Å². The maximum atomic E-state index is 9.86. The van der Waals surface area contributed by atoms with Gasteiger partial charge in [0.2, 0.25) is 0 Å². The van der Waals surface area contributed by atoms with Crippen molar-refractivity contribution in [3.8, 4) is 17.2 Å². The van der Waals surface area contributed by atoms with Crippen molar-refractivity contribution < 1.29 is 15.3 Å². The molecule has 3 rings (SSSR count). The van der Waals surface area contributed by atoms with Crippen LogP contribution in [0.4, 0.5) is 0 Å². The molecule has 0 aliphatic heterocycles. The molecule has 3 N–H and O–H groups in total. The monoisotopic (exact) mass is 334 g/mol. The van der Waals surface area contributed by atoms with E-state index in [2.05, 4.69) is 0 Å². The summed E-state index contributed by atoms with van der Waals surface area (Å²) in [5, 5.41) is 29.6. The Bertz CT molecular complexity index is 806. The molecule has 128 valence electrons. The first-order valence-corrected chi connectivity index (χ1v) is 8.25. The van der Waals surface area contributed by atoms with Gasteiger partial charge in [-0.2, -0.15) is 0 Å². The minimum absolute atomic E-state index is 0.0575. The lowest BCUT2D eigenvalue weighted by molar-refractivity contribution is 0.470. The van der Waals surface area contributed by atoms with E-state index >= 15 is 0 Å². The van der Waals surface area contributed by atoms with Crippen molar-refractivity contribution in [3.05, 3.63) is 88.0 Å². The highest BCUT2D eigenvalue weighted by Crippen LogP contribution is 2.36. The summed E-state index contributed by atoms with van der Waals surface area (Å²) in [7, 11) is 0. The van der Waals surface area contributed by atoms with Gasteiger partial charge in [0.05, 0.1) is 0 Å². The quantitative estimate of drug-likeness (QED) is 0.597. The highest BCUT2D eigenvalue weighted by molar-refractivity contribution is 5.50. The normalized spacial score (nSPS) is 11.0. The van der Waals surface area contributed by atoms with Crippen molar-refractivity contribution in [2.45, 2.75) is 26.7 Å². The number of phenolic OH excluding ortho intramolecular Hbond substituents is 3. The number of phenols is 3. The van der Waals surface area contributed by atoms with Crippen LogP contribution in [0.25, 0.3) is 0 Å². The average molecular weight is 334 g/mol. The predicted octanol–water partition coefficient (Wildman–Crippen LogP) is 4.91. The van der Waals surface area contributed by atoms with Crippen LogP contribution in [0, 0.1) is 20.8 Å². The van der Waals surface area contributed by atoms with Gasteiger partial charge in [-0.3, -0.25) is 0 Å². The summed E-state index contributed by atoms with van der Waals surface area (Å²) in [6.45, 7) is 5.63. The smallest absolute Gasteiger partial charge is 0.118 e. The highest BCUT2D eigenvalue weighted by atomic mass is 16.3. The largest absolute Gasteiger partial charge is 0.508 e. The molecule has 0 amide bonds. The molecule has 0 spiro atoms. The fraction of sp³-hybridized carbons (Fsp3) is 0.182. The number of rotatable bonds is 3. The summed E-state index contributed by atoms with van der Waals surface area (Å²) in [6.07, 6.45) is 0. The van der Waals surface area contributed by atoms with Crippen LogP contribution >= 0.6 is 0 Å². The van der Waals surface area contributed by atoms with Crippen LogP contribution in [0.15, 0.2) is 54.6 Å². The first-order valence-electron chi connectivity index (χ1n) is 8.25. The van der Waals surface area contributed by atoms with Crippen molar-refractivity contribution in [1.82, 2.24) is 0 Å². The first kappa shape index (κ1) is 16.9. The molecule has 3 aromatic rings. The molecule has 0 saturated carbocycles. The zero-order chi connectivity index (χ0) is 18.1. The summed E-state index contributed by atoms with van der Waals surface area (Å²) >= 11 is 0. The Balaban J connectivity index is 2.21. The summed E-state index contributed by atoms with van der Waals surface area (Å²) < 4.78 is 0. The van der Waals surface area contributed by atoms with Gasteiger partial charge >= 0.3 is 0 Å². The molecular formula is C22H22O3. The van der Waals surface area contributed by atoms with Gasteiger partial charge in [-0.15, -0.1) is 0 Å². The van der Waals surface area contributed by atoms with Gasteiger partial charge in [-0.1, -0.05) is 36.4 Å². The Morgan fingerprint density at radius 2 is 0.800 bits per heavy atom. The topological polar surface area (TPSA) is 60.7 Å². The van der Waals surface area contributed by atoms with E-state index in [1.807, 2.05) is 57.2 Å². The van der Waals surface area contributed by atoms with Gasteiger partial charge in [0.1, 0.15) is 17.2 Å². The standard InChI is InChI=1S/C22H22O3/c1-13-10-16(4-7-19(13)23)22(17-5-8-20(24)14(2)11-17)18-6-9-21(25)15(3)12-18/h4-12,22-25H,1-3H3. The SMILES string of the molecule is Cc1cc(C(c2ccc(O)c(C)c2)c2ccc(O)c(C)c2)ccc1O. The molecule has 0 atom stereocenters. The van der Waals surface area contributed by atoms with Gasteiger partial charge in [0, 0.05) is 5.92 Å². The predicted molar refractivity (Wildman–Crippen MR) is 99.5 cm³/mol. The second-order valence-electron chi connectivity index (χ2n) is 6.57. The van der Waals surface area contributed by atoms with E-state index < -0.39 is 0 Å². The van der Waals surface area contributed by atoms with Crippen LogP contribution in [0.5, 0.6) is 17.2 Å². The maximum absolute atomic E-state index is 9.86. The lowest BCUT2D eigenvalue weighted by Crippen LogP contribution is -2.04. The Hall–Kier alpha value is -2.94. The summed E-state index contributed by atoms with van der Waals surface area (Å²) in [5.74, 6) is 0.752. The van der Waals surface area contributed by atoms with Gasteiger partial charge in [0.15, 0.2) is 0 Å². The minimum Gasteiger partial charge on any atom is -0.508 e. The maximum Gasteiger partial charge on any atom is 0.118 e. The Morgan fingerprint density at radius 3 is 1.04 bits per heavy atom. The Labute approximate surface area is 147 Å². The first-order chi connectivity index (χ1) is 11.9. The summed E-state index contributed by atoms with van der Waals surface area (Å²) in [4.78, 5) is 0. The third kappa shape index (κ3) is 3.31. The number of aryl methyl sites for hydroxylation is 3. The second kappa shape index (κ2) is 6.52. The second-order valence-corrected chi connectivity index (χ2v) is 6.57. The summed E-state index contributed by atoms with van der Waals surface area (Å²) in [6, 6.07) is 16.8. The van der Waals surface area contributed by atoms with E-state index in [0.717, 1.165) is 33.4 Å². The van der Waals surface area contributed by atoms with E-state index in [-0.39, 0.29) is 23.2 Å².